The van der Waals surface area contributed by atoms with Crippen LogP contribution in [0.15, 0.2) is 73.3 Å². The summed E-state index contributed by atoms with van der Waals surface area (Å²) in [5.41, 5.74) is 2.34. The van der Waals surface area contributed by atoms with E-state index in [0.29, 0.717) is 19.5 Å². The van der Waals surface area contributed by atoms with E-state index < -0.39 is 0 Å². The smallest absolute Gasteiger partial charge is 0.223 e. The lowest BCUT2D eigenvalue weighted by atomic mass is 10.1. The SMILES string of the molecule is C=CCN(Cc1ccccc1)C(=O)CCc1ccccc1. The van der Waals surface area contributed by atoms with E-state index in [1.807, 2.05) is 53.4 Å². The van der Waals surface area contributed by atoms with Crippen LogP contribution in [0.2, 0.25) is 0 Å². The molecule has 0 fully saturated rings. The number of rotatable bonds is 7. The highest BCUT2D eigenvalue weighted by atomic mass is 16.2. The molecule has 0 saturated carbocycles. The first-order chi connectivity index (χ1) is 10.3. The van der Waals surface area contributed by atoms with Crippen molar-refractivity contribution in [3.05, 3.63) is 84.4 Å². The van der Waals surface area contributed by atoms with Gasteiger partial charge in [0.2, 0.25) is 5.91 Å². The number of aryl methyl sites for hydroxylation is 1. The average molecular weight is 279 g/mol. The van der Waals surface area contributed by atoms with Gasteiger partial charge >= 0.3 is 0 Å². The molecular weight excluding hydrogens is 258 g/mol. The van der Waals surface area contributed by atoms with Gasteiger partial charge in [-0.3, -0.25) is 4.79 Å². The summed E-state index contributed by atoms with van der Waals surface area (Å²) in [5.74, 6) is 0.169. The average Bonchev–Trinajstić information content (AvgIpc) is 2.54. The van der Waals surface area contributed by atoms with Crippen molar-refractivity contribution in [1.29, 1.82) is 0 Å². The maximum absolute atomic E-state index is 12.4. The summed E-state index contributed by atoms with van der Waals surface area (Å²) in [6, 6.07) is 20.2. The molecule has 0 bridgehead atoms. The van der Waals surface area contributed by atoms with E-state index in [9.17, 15) is 4.79 Å². The minimum atomic E-state index is 0.169. The molecule has 0 aliphatic rings. The predicted octanol–water partition coefficient (Wildman–Crippen LogP) is 3.83. The fourth-order valence-corrected chi connectivity index (χ4v) is 2.27. The van der Waals surface area contributed by atoms with Crippen molar-refractivity contribution >= 4 is 5.91 Å². The van der Waals surface area contributed by atoms with Crippen LogP contribution in [-0.2, 0) is 17.8 Å². The quantitative estimate of drug-likeness (QED) is 0.705. The fraction of sp³-hybridized carbons (Fsp3) is 0.211. The molecule has 2 aromatic carbocycles. The molecular formula is C19H21NO. The second kappa shape index (κ2) is 8.05. The van der Waals surface area contributed by atoms with Crippen LogP contribution in [0.4, 0.5) is 0 Å². The summed E-state index contributed by atoms with van der Waals surface area (Å²) in [5, 5.41) is 0. The lowest BCUT2D eigenvalue weighted by Gasteiger charge is -2.21. The van der Waals surface area contributed by atoms with Crippen molar-refractivity contribution < 1.29 is 4.79 Å². The molecule has 0 N–H and O–H groups in total. The molecule has 0 radical (unpaired) electrons. The molecule has 0 aliphatic carbocycles. The van der Waals surface area contributed by atoms with E-state index in [-0.39, 0.29) is 5.91 Å². The van der Waals surface area contributed by atoms with Crippen LogP contribution in [0.5, 0.6) is 0 Å². The molecule has 2 nitrogen and oxygen atoms in total. The fourth-order valence-electron chi connectivity index (χ4n) is 2.27. The molecule has 0 atom stereocenters. The maximum Gasteiger partial charge on any atom is 0.223 e. The monoisotopic (exact) mass is 279 g/mol. The molecule has 0 saturated heterocycles. The third-order valence-electron chi connectivity index (χ3n) is 3.39. The Labute approximate surface area is 126 Å². The van der Waals surface area contributed by atoms with Crippen LogP contribution in [0.1, 0.15) is 17.5 Å². The Hall–Kier alpha value is -2.35. The van der Waals surface area contributed by atoms with Crippen molar-refractivity contribution in [3.63, 3.8) is 0 Å². The van der Waals surface area contributed by atoms with Crippen molar-refractivity contribution in [3.8, 4) is 0 Å². The van der Waals surface area contributed by atoms with Gasteiger partial charge in [-0.15, -0.1) is 6.58 Å². The maximum atomic E-state index is 12.4. The van der Waals surface area contributed by atoms with E-state index in [2.05, 4.69) is 18.7 Å². The molecule has 2 rings (SSSR count). The van der Waals surface area contributed by atoms with Gasteiger partial charge in [0.1, 0.15) is 0 Å². The van der Waals surface area contributed by atoms with Crippen molar-refractivity contribution in [1.82, 2.24) is 4.90 Å². The number of carbonyl (C=O) groups excluding carboxylic acids is 1. The van der Waals surface area contributed by atoms with Gasteiger partial charge in [0.15, 0.2) is 0 Å². The number of carbonyl (C=O) groups is 1. The van der Waals surface area contributed by atoms with Gasteiger partial charge in [-0.2, -0.15) is 0 Å². The summed E-state index contributed by atoms with van der Waals surface area (Å²) in [4.78, 5) is 14.2. The number of hydrogen-bond acceptors (Lipinski definition) is 1. The molecule has 1 amide bonds. The number of nitrogens with zero attached hydrogens (tertiary/aromatic N) is 1. The van der Waals surface area contributed by atoms with Crippen LogP contribution in [0.3, 0.4) is 0 Å². The van der Waals surface area contributed by atoms with E-state index >= 15 is 0 Å². The molecule has 2 heteroatoms. The first-order valence-corrected chi connectivity index (χ1v) is 7.26. The Bertz CT molecular complexity index is 563. The van der Waals surface area contributed by atoms with E-state index in [1.54, 1.807) is 6.08 Å². The van der Waals surface area contributed by atoms with Crippen LogP contribution in [0.25, 0.3) is 0 Å². The van der Waals surface area contributed by atoms with Gasteiger partial charge in [-0.05, 0) is 17.5 Å². The number of amides is 1. The lowest BCUT2D eigenvalue weighted by molar-refractivity contribution is -0.131. The molecule has 0 heterocycles. The largest absolute Gasteiger partial charge is 0.335 e. The predicted molar refractivity (Wildman–Crippen MR) is 86.8 cm³/mol. The topological polar surface area (TPSA) is 20.3 Å². The molecule has 2 aromatic rings. The molecule has 0 aromatic heterocycles. The zero-order valence-electron chi connectivity index (χ0n) is 12.2. The van der Waals surface area contributed by atoms with Gasteiger partial charge in [-0.1, -0.05) is 66.7 Å². The van der Waals surface area contributed by atoms with Crippen LogP contribution in [-0.4, -0.2) is 17.4 Å². The third kappa shape index (κ3) is 4.92. The number of benzene rings is 2. The van der Waals surface area contributed by atoms with Gasteiger partial charge in [0.25, 0.3) is 0 Å². The Kier molecular flexibility index (Phi) is 5.77. The second-order valence-electron chi connectivity index (χ2n) is 5.03. The Balaban J connectivity index is 1.94. The third-order valence-corrected chi connectivity index (χ3v) is 3.39. The summed E-state index contributed by atoms with van der Waals surface area (Å²) in [7, 11) is 0. The summed E-state index contributed by atoms with van der Waals surface area (Å²) < 4.78 is 0. The molecule has 0 spiro atoms. The zero-order chi connectivity index (χ0) is 14.9. The first-order valence-electron chi connectivity index (χ1n) is 7.26. The summed E-state index contributed by atoms with van der Waals surface area (Å²) in [6.45, 7) is 4.97. The normalized spacial score (nSPS) is 10.1. The highest BCUT2D eigenvalue weighted by Gasteiger charge is 2.12. The van der Waals surface area contributed by atoms with Crippen LogP contribution >= 0.6 is 0 Å². The van der Waals surface area contributed by atoms with Crippen molar-refractivity contribution in [2.24, 2.45) is 0 Å². The first kappa shape index (κ1) is 15.0. The van der Waals surface area contributed by atoms with Gasteiger partial charge in [0, 0.05) is 19.5 Å². The zero-order valence-corrected chi connectivity index (χ0v) is 12.2. The van der Waals surface area contributed by atoms with E-state index in [0.717, 1.165) is 12.0 Å². The van der Waals surface area contributed by atoms with E-state index in [1.165, 1.54) is 5.56 Å². The van der Waals surface area contributed by atoms with Crippen molar-refractivity contribution in [2.75, 3.05) is 6.54 Å². The van der Waals surface area contributed by atoms with Crippen LogP contribution < -0.4 is 0 Å². The molecule has 108 valence electrons. The summed E-state index contributed by atoms with van der Waals surface area (Å²) >= 11 is 0. The Morgan fingerprint density at radius 2 is 1.52 bits per heavy atom. The molecule has 0 aliphatic heterocycles. The molecule has 21 heavy (non-hydrogen) atoms. The minimum absolute atomic E-state index is 0.169. The van der Waals surface area contributed by atoms with Gasteiger partial charge in [-0.25, -0.2) is 0 Å². The Morgan fingerprint density at radius 1 is 0.952 bits per heavy atom. The summed E-state index contributed by atoms with van der Waals surface area (Å²) in [6.07, 6.45) is 3.09. The van der Waals surface area contributed by atoms with Crippen molar-refractivity contribution in [2.45, 2.75) is 19.4 Å². The van der Waals surface area contributed by atoms with Crippen LogP contribution in [0, 0.1) is 0 Å². The highest BCUT2D eigenvalue weighted by Crippen LogP contribution is 2.09. The minimum Gasteiger partial charge on any atom is -0.335 e. The molecule has 0 unspecified atom stereocenters. The number of hydrogen-bond donors (Lipinski definition) is 0. The van der Waals surface area contributed by atoms with Gasteiger partial charge < -0.3 is 4.90 Å². The highest BCUT2D eigenvalue weighted by molar-refractivity contribution is 5.76. The van der Waals surface area contributed by atoms with E-state index in [4.69, 9.17) is 0 Å². The lowest BCUT2D eigenvalue weighted by Crippen LogP contribution is -2.30. The Morgan fingerprint density at radius 3 is 2.10 bits per heavy atom. The second-order valence-corrected chi connectivity index (χ2v) is 5.03. The standard InChI is InChI=1S/C19H21NO/c1-2-15-20(16-18-11-7-4-8-12-18)19(21)14-13-17-9-5-3-6-10-17/h2-12H,1,13-16H2. The van der Waals surface area contributed by atoms with Gasteiger partial charge in [0.05, 0.1) is 0 Å².